The molecule has 1 aromatic carbocycles. The van der Waals surface area contributed by atoms with E-state index in [1.54, 1.807) is 6.92 Å². The number of amides is 1. The van der Waals surface area contributed by atoms with Gasteiger partial charge in [-0.3, -0.25) is 4.79 Å². The van der Waals surface area contributed by atoms with Crippen molar-refractivity contribution >= 4 is 5.91 Å². The van der Waals surface area contributed by atoms with Crippen LogP contribution in [0.1, 0.15) is 30.9 Å². The van der Waals surface area contributed by atoms with E-state index in [4.69, 9.17) is 0 Å². The molecule has 3 rings (SSSR count). The molecule has 0 bridgehead atoms. The quantitative estimate of drug-likeness (QED) is 0.629. The molecule has 0 unspecified atom stereocenters. The Labute approximate surface area is 89.9 Å². The van der Waals surface area contributed by atoms with Crippen molar-refractivity contribution in [2.45, 2.75) is 31.7 Å². The van der Waals surface area contributed by atoms with Gasteiger partial charge in [-0.15, -0.1) is 0 Å². The van der Waals surface area contributed by atoms with Crippen LogP contribution in [0.25, 0.3) is 0 Å². The van der Waals surface area contributed by atoms with E-state index in [-0.39, 0.29) is 5.91 Å². The van der Waals surface area contributed by atoms with E-state index in [0.717, 1.165) is 13.1 Å². The first-order valence-corrected chi connectivity index (χ1v) is 5.55. The predicted octanol–water partition coefficient (Wildman–Crippen LogP) is 2.08. The van der Waals surface area contributed by atoms with Gasteiger partial charge in [-0.05, 0) is 24.0 Å². The predicted molar refractivity (Wildman–Crippen MR) is 58.4 cm³/mol. The largest absolute Gasteiger partial charge is 0.338 e. The average Bonchev–Trinajstić information content (AvgIpc) is 2.99. The van der Waals surface area contributed by atoms with Crippen LogP contribution in [0, 0.1) is 0 Å². The fourth-order valence-corrected chi connectivity index (χ4v) is 2.69. The maximum absolute atomic E-state index is 11.5. The summed E-state index contributed by atoms with van der Waals surface area (Å²) < 4.78 is 0. The molecule has 1 saturated carbocycles. The lowest BCUT2D eigenvalue weighted by molar-refractivity contribution is -0.130. The van der Waals surface area contributed by atoms with Gasteiger partial charge >= 0.3 is 0 Å². The first-order valence-electron chi connectivity index (χ1n) is 5.55. The minimum atomic E-state index is 0.204. The van der Waals surface area contributed by atoms with Crippen molar-refractivity contribution in [1.82, 2.24) is 4.90 Å². The number of hydrogen-bond donors (Lipinski definition) is 0. The molecule has 0 radical (unpaired) electrons. The van der Waals surface area contributed by atoms with E-state index in [0.29, 0.717) is 5.41 Å². The van der Waals surface area contributed by atoms with E-state index in [2.05, 4.69) is 24.3 Å². The minimum absolute atomic E-state index is 0.204. The molecule has 1 fully saturated rings. The third kappa shape index (κ3) is 1.28. The molecule has 1 aromatic rings. The topological polar surface area (TPSA) is 20.3 Å². The molecule has 2 nitrogen and oxygen atoms in total. The van der Waals surface area contributed by atoms with Crippen LogP contribution in [0.15, 0.2) is 24.3 Å². The van der Waals surface area contributed by atoms with Crippen LogP contribution < -0.4 is 0 Å². The number of fused-ring (bicyclic) bond motifs is 2. The second-order valence-corrected chi connectivity index (χ2v) is 4.81. The highest BCUT2D eigenvalue weighted by Crippen LogP contribution is 2.52. The van der Waals surface area contributed by atoms with Crippen molar-refractivity contribution < 1.29 is 4.79 Å². The summed E-state index contributed by atoms with van der Waals surface area (Å²) in [4.78, 5) is 13.4. The molecule has 1 amide bonds. The normalized spacial score (nSPS) is 21.3. The number of nitrogens with zero attached hydrogens (tertiary/aromatic N) is 1. The number of carbonyl (C=O) groups excluding carboxylic acids is 1. The van der Waals surface area contributed by atoms with Gasteiger partial charge in [0.2, 0.25) is 5.91 Å². The van der Waals surface area contributed by atoms with Crippen LogP contribution in [0.4, 0.5) is 0 Å². The number of rotatable bonds is 0. The van der Waals surface area contributed by atoms with Crippen molar-refractivity contribution in [3.05, 3.63) is 35.4 Å². The van der Waals surface area contributed by atoms with Crippen LogP contribution in [0.5, 0.6) is 0 Å². The lowest BCUT2D eigenvalue weighted by atomic mass is 9.87. The van der Waals surface area contributed by atoms with E-state index in [1.165, 1.54) is 24.0 Å². The monoisotopic (exact) mass is 201 g/mol. The fraction of sp³-hybridized carbons (Fsp3) is 0.462. The zero-order chi connectivity index (χ0) is 10.5. The van der Waals surface area contributed by atoms with E-state index < -0.39 is 0 Å². The number of carbonyl (C=O) groups is 1. The molecule has 1 aliphatic carbocycles. The molecule has 0 aromatic heterocycles. The summed E-state index contributed by atoms with van der Waals surface area (Å²) in [5, 5.41) is 0. The molecule has 1 heterocycles. The first kappa shape index (κ1) is 8.96. The second-order valence-electron chi connectivity index (χ2n) is 4.81. The van der Waals surface area contributed by atoms with Gasteiger partial charge in [-0.1, -0.05) is 24.3 Å². The van der Waals surface area contributed by atoms with Crippen molar-refractivity contribution in [3.8, 4) is 0 Å². The zero-order valence-corrected chi connectivity index (χ0v) is 8.99. The minimum Gasteiger partial charge on any atom is -0.338 e. The fourth-order valence-electron chi connectivity index (χ4n) is 2.69. The summed E-state index contributed by atoms with van der Waals surface area (Å²) in [5.74, 6) is 0.204. The Kier molecular flexibility index (Phi) is 1.70. The molecule has 0 N–H and O–H groups in total. The van der Waals surface area contributed by atoms with E-state index in [9.17, 15) is 4.79 Å². The van der Waals surface area contributed by atoms with Crippen molar-refractivity contribution in [2.24, 2.45) is 0 Å². The summed E-state index contributed by atoms with van der Waals surface area (Å²) in [6, 6.07) is 8.57. The van der Waals surface area contributed by atoms with Gasteiger partial charge < -0.3 is 4.90 Å². The molecular weight excluding hydrogens is 186 g/mol. The van der Waals surface area contributed by atoms with Gasteiger partial charge in [0.1, 0.15) is 0 Å². The molecule has 15 heavy (non-hydrogen) atoms. The Balaban J connectivity index is 2.04. The Bertz CT molecular complexity index is 420. The third-order valence-corrected chi connectivity index (χ3v) is 3.74. The summed E-state index contributed by atoms with van der Waals surface area (Å²) in [6.45, 7) is 3.40. The summed E-state index contributed by atoms with van der Waals surface area (Å²) in [5.41, 5.74) is 3.15. The molecule has 0 atom stereocenters. The van der Waals surface area contributed by atoms with Crippen molar-refractivity contribution in [1.29, 1.82) is 0 Å². The van der Waals surface area contributed by atoms with Crippen molar-refractivity contribution in [2.75, 3.05) is 6.54 Å². The Morgan fingerprint density at radius 2 is 2.07 bits per heavy atom. The van der Waals surface area contributed by atoms with Crippen LogP contribution in [-0.2, 0) is 16.8 Å². The maximum atomic E-state index is 11.5. The molecule has 0 saturated heterocycles. The van der Waals surface area contributed by atoms with Crippen LogP contribution in [0.3, 0.4) is 0 Å². The average molecular weight is 201 g/mol. The molecule has 2 aliphatic rings. The van der Waals surface area contributed by atoms with Gasteiger partial charge in [-0.2, -0.15) is 0 Å². The maximum Gasteiger partial charge on any atom is 0.219 e. The van der Waals surface area contributed by atoms with E-state index >= 15 is 0 Å². The molecular formula is C13H15NO. The molecule has 1 aliphatic heterocycles. The van der Waals surface area contributed by atoms with Gasteiger partial charge in [0.05, 0.1) is 0 Å². The summed E-state index contributed by atoms with van der Waals surface area (Å²) in [6.07, 6.45) is 2.49. The van der Waals surface area contributed by atoms with Gasteiger partial charge in [0, 0.05) is 25.4 Å². The summed E-state index contributed by atoms with van der Waals surface area (Å²) >= 11 is 0. The molecule has 1 spiro atoms. The number of benzene rings is 1. The van der Waals surface area contributed by atoms with Gasteiger partial charge in [0.15, 0.2) is 0 Å². The molecule has 2 heteroatoms. The van der Waals surface area contributed by atoms with Crippen LogP contribution in [0.2, 0.25) is 0 Å². The van der Waals surface area contributed by atoms with Crippen molar-refractivity contribution in [3.63, 3.8) is 0 Å². The SMILES string of the molecule is CC(=O)N1Cc2ccccc2C2(CC2)C1. The Morgan fingerprint density at radius 1 is 1.33 bits per heavy atom. The van der Waals surface area contributed by atoms with E-state index in [1.807, 2.05) is 4.90 Å². The lowest BCUT2D eigenvalue weighted by Crippen LogP contribution is -2.40. The van der Waals surface area contributed by atoms with Gasteiger partial charge in [0.25, 0.3) is 0 Å². The smallest absolute Gasteiger partial charge is 0.219 e. The summed E-state index contributed by atoms with van der Waals surface area (Å²) in [7, 11) is 0. The van der Waals surface area contributed by atoms with Crippen LogP contribution >= 0.6 is 0 Å². The lowest BCUT2D eigenvalue weighted by Gasteiger charge is -2.34. The highest BCUT2D eigenvalue weighted by atomic mass is 16.2. The molecule has 78 valence electrons. The zero-order valence-electron chi connectivity index (χ0n) is 8.99. The van der Waals surface area contributed by atoms with Gasteiger partial charge in [-0.25, -0.2) is 0 Å². The second kappa shape index (κ2) is 2.84. The van der Waals surface area contributed by atoms with Crippen LogP contribution in [-0.4, -0.2) is 17.4 Å². The third-order valence-electron chi connectivity index (χ3n) is 3.74. The Morgan fingerprint density at radius 3 is 2.73 bits per heavy atom. The first-order chi connectivity index (χ1) is 7.21. The standard InChI is InChI=1S/C13H15NO/c1-10(15)14-8-11-4-2-3-5-12(11)13(9-14)6-7-13/h2-5H,6-9H2,1H3. The highest BCUT2D eigenvalue weighted by molar-refractivity contribution is 5.74. The Hall–Kier alpha value is -1.31. The number of hydrogen-bond acceptors (Lipinski definition) is 1. The highest BCUT2D eigenvalue weighted by Gasteiger charge is 2.49.